The summed E-state index contributed by atoms with van der Waals surface area (Å²) in [5.74, 6) is -1.46. The largest absolute Gasteiger partial charge is 0.481 e. The standard InChI is InChI=1S/C21H38N2O4.2C7H7Br/c1-22(2)17-9-5-15(6-10-17)21(20(26)27,14-13-19(24)25)16-7-11-18(12-8-16)23(3)4;2*8-6-7-4-2-1-3-5-7/h15-18H,5-14H2,1-4H3,(H,24,25)(H,26,27);2*1-5H,6H2. The molecule has 0 aromatic heterocycles. The molecule has 2 aromatic carbocycles. The second-order valence-electron chi connectivity index (χ2n) is 12.4. The average Bonchev–Trinajstić information content (AvgIpc) is 3.03. The van der Waals surface area contributed by atoms with E-state index in [2.05, 4.69) is 94.1 Å². The molecule has 0 atom stereocenters. The molecule has 6 nitrogen and oxygen atoms in total. The smallest absolute Gasteiger partial charge is 0.310 e. The summed E-state index contributed by atoms with van der Waals surface area (Å²) in [7, 11) is 8.34. The van der Waals surface area contributed by atoms with Crippen LogP contribution in [0, 0.1) is 17.3 Å². The lowest BCUT2D eigenvalue weighted by Crippen LogP contribution is -2.50. The summed E-state index contributed by atoms with van der Waals surface area (Å²) in [6.07, 6.45) is 7.81. The zero-order chi connectivity index (χ0) is 31.8. The first-order valence-corrected chi connectivity index (χ1v) is 17.8. The van der Waals surface area contributed by atoms with Crippen LogP contribution < -0.4 is 0 Å². The van der Waals surface area contributed by atoms with Gasteiger partial charge in [0.1, 0.15) is 0 Å². The van der Waals surface area contributed by atoms with E-state index >= 15 is 0 Å². The van der Waals surface area contributed by atoms with Gasteiger partial charge in [0.05, 0.1) is 5.41 Å². The number of alkyl halides is 2. The van der Waals surface area contributed by atoms with Gasteiger partial charge in [-0.3, -0.25) is 9.59 Å². The number of nitrogens with zero attached hydrogens (tertiary/aromatic N) is 2. The summed E-state index contributed by atoms with van der Waals surface area (Å²) in [6, 6.07) is 21.6. The van der Waals surface area contributed by atoms with Gasteiger partial charge in [-0.2, -0.15) is 0 Å². The van der Waals surface area contributed by atoms with Crippen LogP contribution in [-0.4, -0.2) is 72.2 Å². The van der Waals surface area contributed by atoms with Crippen LogP contribution in [0.25, 0.3) is 0 Å². The highest BCUT2D eigenvalue weighted by Crippen LogP contribution is 2.52. The van der Waals surface area contributed by atoms with E-state index in [4.69, 9.17) is 0 Å². The lowest BCUT2D eigenvalue weighted by atomic mass is 9.56. The maximum absolute atomic E-state index is 12.6. The first kappa shape index (κ1) is 37.4. The molecule has 43 heavy (non-hydrogen) atoms. The minimum absolute atomic E-state index is 0.0481. The lowest BCUT2D eigenvalue weighted by molar-refractivity contribution is -0.163. The number of carboxylic acids is 2. The fraction of sp³-hybridized carbons (Fsp3) is 0.600. The molecule has 2 saturated carbocycles. The van der Waals surface area contributed by atoms with Crippen molar-refractivity contribution in [1.29, 1.82) is 0 Å². The predicted molar refractivity (Wildman–Crippen MR) is 184 cm³/mol. The second kappa shape index (κ2) is 19.6. The van der Waals surface area contributed by atoms with E-state index in [-0.39, 0.29) is 24.7 Å². The zero-order valence-corrected chi connectivity index (χ0v) is 29.6. The van der Waals surface area contributed by atoms with Gasteiger partial charge in [-0.1, -0.05) is 92.5 Å². The van der Waals surface area contributed by atoms with Gasteiger partial charge < -0.3 is 20.0 Å². The minimum Gasteiger partial charge on any atom is -0.481 e. The summed E-state index contributed by atoms with van der Waals surface area (Å²) >= 11 is 6.71. The van der Waals surface area contributed by atoms with Gasteiger partial charge in [-0.25, -0.2) is 0 Å². The SMILES string of the molecule is BrCc1ccccc1.BrCc1ccccc1.CN(C)C1CCC(C(CCC(=O)O)(C(=O)O)C2CCC(N(C)C)CC2)CC1. The quantitative estimate of drug-likeness (QED) is 0.240. The molecule has 0 radical (unpaired) electrons. The highest BCUT2D eigenvalue weighted by molar-refractivity contribution is 9.08. The van der Waals surface area contributed by atoms with Crippen LogP contribution >= 0.6 is 31.9 Å². The van der Waals surface area contributed by atoms with Crippen LogP contribution in [0.5, 0.6) is 0 Å². The van der Waals surface area contributed by atoms with Crippen LogP contribution in [0.1, 0.15) is 75.3 Å². The van der Waals surface area contributed by atoms with Crippen molar-refractivity contribution in [2.24, 2.45) is 17.3 Å². The second-order valence-corrected chi connectivity index (χ2v) is 13.5. The number of hydrogen-bond acceptors (Lipinski definition) is 4. The van der Waals surface area contributed by atoms with Crippen LogP contribution in [-0.2, 0) is 20.2 Å². The van der Waals surface area contributed by atoms with Crippen LogP contribution in [0.15, 0.2) is 60.7 Å². The van der Waals surface area contributed by atoms with Gasteiger partial charge in [0.15, 0.2) is 0 Å². The van der Waals surface area contributed by atoms with Crippen molar-refractivity contribution in [3.05, 3.63) is 71.8 Å². The molecule has 0 spiro atoms. The van der Waals surface area contributed by atoms with Gasteiger partial charge in [-0.05, 0) is 109 Å². The third kappa shape index (κ3) is 11.9. The summed E-state index contributed by atoms with van der Waals surface area (Å²) < 4.78 is 0. The first-order valence-electron chi connectivity index (χ1n) is 15.5. The Morgan fingerprint density at radius 2 is 1.02 bits per heavy atom. The van der Waals surface area contributed by atoms with Crippen LogP contribution in [0.3, 0.4) is 0 Å². The zero-order valence-electron chi connectivity index (χ0n) is 26.4. The van der Waals surface area contributed by atoms with Crippen molar-refractivity contribution in [2.75, 3.05) is 28.2 Å². The fourth-order valence-electron chi connectivity index (χ4n) is 6.86. The minimum atomic E-state index is -0.885. The van der Waals surface area contributed by atoms with E-state index in [9.17, 15) is 19.8 Å². The molecule has 0 saturated heterocycles. The number of hydrogen-bond donors (Lipinski definition) is 2. The maximum atomic E-state index is 12.6. The third-order valence-electron chi connectivity index (χ3n) is 9.46. The molecule has 2 aliphatic carbocycles. The van der Waals surface area contributed by atoms with Crippen molar-refractivity contribution in [3.8, 4) is 0 Å². The highest BCUT2D eigenvalue weighted by Gasteiger charge is 2.52. The molecular formula is C35H52Br2N2O4. The van der Waals surface area contributed by atoms with Gasteiger partial charge >= 0.3 is 11.9 Å². The van der Waals surface area contributed by atoms with Gasteiger partial charge in [0, 0.05) is 29.2 Å². The summed E-state index contributed by atoms with van der Waals surface area (Å²) in [5.41, 5.74) is 1.77. The Bertz CT molecular complexity index is 985. The molecular weight excluding hydrogens is 672 g/mol. The predicted octanol–water partition coefficient (Wildman–Crippen LogP) is 8.33. The summed E-state index contributed by atoms with van der Waals surface area (Å²) in [5, 5.41) is 21.6. The van der Waals surface area contributed by atoms with E-state index in [1.807, 2.05) is 36.4 Å². The van der Waals surface area contributed by atoms with E-state index in [1.165, 1.54) is 11.1 Å². The molecule has 8 heteroatoms. The number of aliphatic carboxylic acids is 2. The van der Waals surface area contributed by atoms with Gasteiger partial charge in [0.2, 0.25) is 0 Å². The van der Waals surface area contributed by atoms with Crippen molar-refractivity contribution in [2.45, 2.75) is 87.0 Å². The number of carboxylic acid groups (broad SMARTS) is 2. The van der Waals surface area contributed by atoms with E-state index in [1.54, 1.807) is 0 Å². The van der Waals surface area contributed by atoms with Gasteiger partial charge in [0.25, 0.3) is 0 Å². The Labute approximate surface area is 276 Å². The normalized spacial score (nSPS) is 23.3. The Balaban J connectivity index is 0.000000324. The van der Waals surface area contributed by atoms with E-state index in [0.717, 1.165) is 62.0 Å². The van der Waals surface area contributed by atoms with Crippen molar-refractivity contribution in [3.63, 3.8) is 0 Å². The number of rotatable bonds is 10. The molecule has 0 aliphatic heterocycles. The Morgan fingerprint density at radius 1 is 0.674 bits per heavy atom. The molecule has 2 fully saturated rings. The molecule has 2 N–H and O–H groups in total. The molecule has 2 aliphatic rings. The average molecular weight is 725 g/mol. The fourth-order valence-corrected chi connectivity index (χ4v) is 7.61. The first-order chi connectivity index (χ1) is 20.5. The molecule has 4 rings (SSSR count). The summed E-state index contributed by atoms with van der Waals surface area (Å²) in [4.78, 5) is 28.4. The number of benzene rings is 2. The van der Waals surface area contributed by atoms with Crippen molar-refractivity contribution >= 4 is 43.8 Å². The molecule has 2 aromatic rings. The monoisotopic (exact) mass is 722 g/mol. The highest BCUT2D eigenvalue weighted by atomic mass is 79.9. The molecule has 0 heterocycles. The van der Waals surface area contributed by atoms with E-state index in [0.29, 0.717) is 12.1 Å². The topological polar surface area (TPSA) is 81.1 Å². The third-order valence-corrected chi connectivity index (χ3v) is 10.8. The Morgan fingerprint density at radius 3 is 1.26 bits per heavy atom. The molecule has 240 valence electrons. The van der Waals surface area contributed by atoms with E-state index < -0.39 is 17.4 Å². The van der Waals surface area contributed by atoms with Gasteiger partial charge in [-0.15, -0.1) is 0 Å². The van der Waals surface area contributed by atoms with Crippen molar-refractivity contribution in [1.82, 2.24) is 9.80 Å². The lowest BCUT2D eigenvalue weighted by Gasteiger charge is -2.49. The number of halogens is 2. The van der Waals surface area contributed by atoms with Crippen molar-refractivity contribution < 1.29 is 19.8 Å². The van der Waals surface area contributed by atoms with Crippen LogP contribution in [0.4, 0.5) is 0 Å². The molecule has 0 unspecified atom stereocenters. The Kier molecular flexibility index (Phi) is 17.1. The number of carbonyl (C=O) groups is 2. The Hall–Kier alpha value is -1.74. The molecule has 0 amide bonds. The van der Waals surface area contributed by atoms with Crippen LogP contribution in [0.2, 0.25) is 0 Å². The maximum Gasteiger partial charge on any atom is 0.310 e. The summed E-state index contributed by atoms with van der Waals surface area (Å²) in [6.45, 7) is 0. The molecule has 0 bridgehead atoms.